The molecule has 1 aromatic heterocycles. The van der Waals surface area contributed by atoms with Gasteiger partial charge >= 0.3 is 0 Å². The van der Waals surface area contributed by atoms with Gasteiger partial charge in [0.15, 0.2) is 0 Å². The molecule has 1 aliphatic heterocycles. The molecule has 0 saturated heterocycles. The van der Waals surface area contributed by atoms with Gasteiger partial charge in [0, 0.05) is 24.2 Å². The first-order valence-corrected chi connectivity index (χ1v) is 8.99. The molecule has 0 spiro atoms. The molecule has 2 unspecified atom stereocenters. The van der Waals surface area contributed by atoms with Crippen molar-refractivity contribution in [3.8, 4) is 16.2 Å². The number of para-hydroxylation sites is 1. The molecule has 2 atom stereocenters. The maximum atomic E-state index is 11.6. The predicted molar refractivity (Wildman–Crippen MR) is 98.5 cm³/mol. The number of thiophene rings is 1. The molecular formula is C19H22N2O2S. The lowest BCUT2D eigenvalue weighted by Gasteiger charge is -2.26. The lowest BCUT2D eigenvalue weighted by Crippen LogP contribution is -2.36. The lowest BCUT2D eigenvalue weighted by molar-refractivity contribution is 0.100. The molecular weight excluding hydrogens is 320 g/mol. The van der Waals surface area contributed by atoms with Crippen molar-refractivity contribution < 1.29 is 9.53 Å². The maximum Gasteiger partial charge on any atom is 0.250 e. The summed E-state index contributed by atoms with van der Waals surface area (Å²) >= 11 is 1.50. The van der Waals surface area contributed by atoms with Gasteiger partial charge in [0.05, 0.1) is 10.4 Å². The summed E-state index contributed by atoms with van der Waals surface area (Å²) in [7, 11) is 0. The summed E-state index contributed by atoms with van der Waals surface area (Å²) in [6.07, 6.45) is 4.45. The van der Waals surface area contributed by atoms with Crippen molar-refractivity contribution in [1.29, 1.82) is 0 Å². The van der Waals surface area contributed by atoms with E-state index in [0.717, 1.165) is 22.7 Å². The second kappa shape index (κ2) is 7.20. The Morgan fingerprint density at radius 2 is 1.92 bits per heavy atom. The summed E-state index contributed by atoms with van der Waals surface area (Å²) in [5.74, 6) is 0.377. The Labute approximate surface area is 146 Å². The summed E-state index contributed by atoms with van der Waals surface area (Å²) in [6, 6.07) is 10.4. The van der Waals surface area contributed by atoms with Gasteiger partial charge in [0.1, 0.15) is 12.4 Å². The summed E-state index contributed by atoms with van der Waals surface area (Å²) in [6.45, 7) is 5.85. The number of carbonyl (C=O) groups is 1. The van der Waals surface area contributed by atoms with Gasteiger partial charge in [-0.15, -0.1) is 11.3 Å². The molecule has 0 radical (unpaired) electrons. The molecule has 0 saturated carbocycles. The molecule has 0 aliphatic carbocycles. The van der Waals surface area contributed by atoms with Gasteiger partial charge in [-0.05, 0) is 37.4 Å². The van der Waals surface area contributed by atoms with Crippen LogP contribution >= 0.6 is 11.3 Å². The standard InChI is InChI=1S/C19H22N2O2S/c1-13-7-8-14(2)21(13)10-11-23-17-6-4-3-5-15(17)18-16(19(20)22)9-12-24-18/h3-9,12-14H,10-11H2,1-2H3,(H2,20,22). The van der Waals surface area contributed by atoms with Crippen LogP contribution in [-0.4, -0.2) is 36.0 Å². The topological polar surface area (TPSA) is 55.6 Å². The average molecular weight is 342 g/mol. The van der Waals surface area contributed by atoms with Crippen molar-refractivity contribution in [3.63, 3.8) is 0 Å². The van der Waals surface area contributed by atoms with E-state index in [4.69, 9.17) is 10.5 Å². The molecule has 126 valence electrons. The largest absolute Gasteiger partial charge is 0.492 e. The summed E-state index contributed by atoms with van der Waals surface area (Å²) < 4.78 is 6.04. The van der Waals surface area contributed by atoms with Crippen LogP contribution in [0.1, 0.15) is 24.2 Å². The van der Waals surface area contributed by atoms with Crippen LogP contribution in [0.15, 0.2) is 47.9 Å². The van der Waals surface area contributed by atoms with Crippen LogP contribution in [0.4, 0.5) is 0 Å². The number of hydrogen-bond acceptors (Lipinski definition) is 4. The van der Waals surface area contributed by atoms with Gasteiger partial charge < -0.3 is 10.5 Å². The molecule has 4 nitrogen and oxygen atoms in total. The van der Waals surface area contributed by atoms with Crippen molar-refractivity contribution in [2.24, 2.45) is 5.73 Å². The zero-order chi connectivity index (χ0) is 17.1. The third-order valence-electron chi connectivity index (χ3n) is 4.38. The number of nitrogens with two attached hydrogens (primary N) is 1. The minimum Gasteiger partial charge on any atom is -0.492 e. The number of nitrogens with zero attached hydrogens (tertiary/aromatic N) is 1. The molecule has 2 heterocycles. The molecule has 2 N–H and O–H groups in total. The number of rotatable bonds is 6. The Hall–Kier alpha value is -2.11. The fourth-order valence-electron chi connectivity index (χ4n) is 3.07. The zero-order valence-electron chi connectivity index (χ0n) is 13.9. The van der Waals surface area contributed by atoms with E-state index in [1.54, 1.807) is 6.07 Å². The van der Waals surface area contributed by atoms with Crippen molar-refractivity contribution in [2.75, 3.05) is 13.2 Å². The second-order valence-corrected chi connectivity index (χ2v) is 6.89. The van der Waals surface area contributed by atoms with Crippen molar-refractivity contribution in [2.45, 2.75) is 25.9 Å². The molecule has 2 aromatic rings. The van der Waals surface area contributed by atoms with E-state index in [0.29, 0.717) is 24.3 Å². The second-order valence-electron chi connectivity index (χ2n) is 5.98. The van der Waals surface area contributed by atoms with E-state index >= 15 is 0 Å². The fraction of sp³-hybridized carbons (Fsp3) is 0.316. The Balaban J connectivity index is 1.73. The molecule has 5 heteroatoms. The monoisotopic (exact) mass is 342 g/mol. The predicted octanol–water partition coefficient (Wildman–Crippen LogP) is 3.54. The Bertz CT molecular complexity index is 741. The lowest BCUT2D eigenvalue weighted by atomic mass is 10.1. The Morgan fingerprint density at radius 3 is 2.62 bits per heavy atom. The van der Waals surface area contributed by atoms with Crippen LogP contribution in [0.2, 0.25) is 0 Å². The third kappa shape index (κ3) is 3.37. The van der Waals surface area contributed by atoms with Gasteiger partial charge in [-0.25, -0.2) is 0 Å². The number of hydrogen-bond donors (Lipinski definition) is 1. The van der Waals surface area contributed by atoms with Crippen molar-refractivity contribution in [3.05, 3.63) is 53.4 Å². The minimum absolute atomic E-state index is 0.410. The number of carbonyl (C=O) groups excluding carboxylic acids is 1. The molecule has 3 rings (SSSR count). The summed E-state index contributed by atoms with van der Waals surface area (Å²) in [4.78, 5) is 14.9. The molecule has 1 amide bonds. The normalized spacial score (nSPS) is 20.4. The van der Waals surface area contributed by atoms with Crippen LogP contribution in [-0.2, 0) is 0 Å². The van der Waals surface area contributed by atoms with Gasteiger partial charge in [-0.3, -0.25) is 9.69 Å². The van der Waals surface area contributed by atoms with Gasteiger partial charge in [-0.1, -0.05) is 24.3 Å². The molecule has 0 fully saturated rings. The minimum atomic E-state index is -0.410. The van der Waals surface area contributed by atoms with E-state index in [1.165, 1.54) is 11.3 Å². The highest BCUT2D eigenvalue weighted by Crippen LogP contribution is 2.36. The number of amides is 1. The quantitative estimate of drug-likeness (QED) is 0.817. The van der Waals surface area contributed by atoms with E-state index in [2.05, 4.69) is 30.9 Å². The molecule has 24 heavy (non-hydrogen) atoms. The highest BCUT2D eigenvalue weighted by Gasteiger charge is 2.22. The SMILES string of the molecule is CC1C=CC(C)N1CCOc1ccccc1-c1sccc1C(N)=O. The number of benzene rings is 1. The average Bonchev–Trinajstić information content (AvgIpc) is 3.17. The van der Waals surface area contributed by atoms with E-state index in [-0.39, 0.29) is 0 Å². The van der Waals surface area contributed by atoms with Crippen LogP contribution in [0.25, 0.3) is 10.4 Å². The Morgan fingerprint density at radius 1 is 1.21 bits per heavy atom. The first kappa shape index (κ1) is 16.7. The molecule has 1 aliphatic rings. The van der Waals surface area contributed by atoms with Crippen molar-refractivity contribution >= 4 is 17.2 Å². The fourth-order valence-corrected chi connectivity index (χ4v) is 4.01. The van der Waals surface area contributed by atoms with Crippen LogP contribution < -0.4 is 10.5 Å². The number of primary amides is 1. The van der Waals surface area contributed by atoms with Gasteiger partial charge in [-0.2, -0.15) is 0 Å². The Kier molecular flexibility index (Phi) is 5.02. The third-order valence-corrected chi connectivity index (χ3v) is 5.33. The van der Waals surface area contributed by atoms with Crippen LogP contribution in [0.5, 0.6) is 5.75 Å². The summed E-state index contributed by atoms with van der Waals surface area (Å²) in [5, 5.41) is 1.88. The van der Waals surface area contributed by atoms with E-state index in [1.807, 2.05) is 29.6 Å². The van der Waals surface area contributed by atoms with E-state index < -0.39 is 5.91 Å². The van der Waals surface area contributed by atoms with Gasteiger partial charge in [0.25, 0.3) is 0 Å². The highest BCUT2D eigenvalue weighted by molar-refractivity contribution is 7.14. The first-order chi connectivity index (χ1) is 11.6. The van der Waals surface area contributed by atoms with Crippen molar-refractivity contribution in [1.82, 2.24) is 4.90 Å². The highest BCUT2D eigenvalue weighted by atomic mass is 32.1. The zero-order valence-corrected chi connectivity index (χ0v) is 14.8. The van der Waals surface area contributed by atoms with Crippen LogP contribution in [0, 0.1) is 0 Å². The van der Waals surface area contributed by atoms with Gasteiger partial charge in [0.2, 0.25) is 5.91 Å². The number of ether oxygens (including phenoxy) is 1. The molecule has 0 bridgehead atoms. The maximum absolute atomic E-state index is 11.6. The smallest absolute Gasteiger partial charge is 0.250 e. The van der Waals surface area contributed by atoms with E-state index in [9.17, 15) is 4.79 Å². The first-order valence-electron chi connectivity index (χ1n) is 8.11. The van der Waals surface area contributed by atoms with Crippen LogP contribution in [0.3, 0.4) is 0 Å². The molecule has 1 aromatic carbocycles. The summed E-state index contributed by atoms with van der Waals surface area (Å²) in [5.41, 5.74) is 6.94.